The van der Waals surface area contributed by atoms with Crippen LogP contribution in [-0.2, 0) is 0 Å². The van der Waals surface area contributed by atoms with Gasteiger partial charge in [0, 0.05) is 31.5 Å². The van der Waals surface area contributed by atoms with E-state index in [0.29, 0.717) is 0 Å². The molecule has 0 aliphatic rings. The van der Waals surface area contributed by atoms with Gasteiger partial charge in [0.15, 0.2) is 0 Å². The Labute approximate surface area is 85.9 Å². The number of nitrogen functional groups attached to an aromatic ring is 1. The van der Waals surface area contributed by atoms with Crippen molar-refractivity contribution in [3.63, 3.8) is 0 Å². The van der Waals surface area contributed by atoms with Gasteiger partial charge >= 0.3 is 0 Å². The highest BCUT2D eigenvalue weighted by molar-refractivity contribution is 5.60. The minimum Gasteiger partial charge on any atom is -0.399 e. The standard InChI is InChI=1S/C11H19N3/c1-9-4-5-10(12)8-11(9)14(3)7-6-13-2/h4-5,8,13H,6-7,12H2,1-3H3. The molecule has 1 rings (SSSR count). The first-order valence-corrected chi connectivity index (χ1v) is 4.87. The van der Waals surface area contributed by atoms with E-state index >= 15 is 0 Å². The molecule has 3 N–H and O–H groups in total. The van der Waals surface area contributed by atoms with Gasteiger partial charge in [-0.05, 0) is 31.7 Å². The van der Waals surface area contributed by atoms with Gasteiger partial charge in [-0.3, -0.25) is 0 Å². The highest BCUT2D eigenvalue weighted by atomic mass is 15.1. The third-order valence-electron chi connectivity index (χ3n) is 2.34. The fraction of sp³-hybridized carbons (Fsp3) is 0.455. The number of hydrogen-bond donors (Lipinski definition) is 2. The van der Waals surface area contributed by atoms with Crippen LogP contribution in [0, 0.1) is 6.92 Å². The zero-order chi connectivity index (χ0) is 10.6. The SMILES string of the molecule is CNCCN(C)c1cc(N)ccc1C. The number of aryl methyl sites for hydroxylation is 1. The Balaban J connectivity index is 2.77. The molecule has 3 nitrogen and oxygen atoms in total. The number of nitrogens with one attached hydrogen (secondary N) is 1. The zero-order valence-electron chi connectivity index (χ0n) is 9.17. The number of nitrogens with zero attached hydrogens (tertiary/aromatic N) is 1. The number of nitrogens with two attached hydrogens (primary N) is 1. The minimum atomic E-state index is 0.821. The van der Waals surface area contributed by atoms with Crippen molar-refractivity contribution in [1.29, 1.82) is 0 Å². The fourth-order valence-corrected chi connectivity index (χ4v) is 1.44. The predicted molar refractivity (Wildman–Crippen MR) is 62.8 cm³/mol. The first kappa shape index (κ1) is 10.9. The number of hydrogen-bond acceptors (Lipinski definition) is 3. The van der Waals surface area contributed by atoms with E-state index in [0.717, 1.165) is 18.8 Å². The molecule has 1 aromatic carbocycles. The van der Waals surface area contributed by atoms with E-state index in [2.05, 4.69) is 30.3 Å². The first-order chi connectivity index (χ1) is 6.65. The molecule has 0 saturated carbocycles. The van der Waals surface area contributed by atoms with Crippen LogP contribution in [0.1, 0.15) is 5.56 Å². The van der Waals surface area contributed by atoms with E-state index in [1.54, 1.807) is 0 Å². The van der Waals surface area contributed by atoms with E-state index in [4.69, 9.17) is 5.73 Å². The lowest BCUT2D eigenvalue weighted by atomic mass is 10.1. The first-order valence-electron chi connectivity index (χ1n) is 4.87. The average molecular weight is 193 g/mol. The molecule has 0 aliphatic heterocycles. The Morgan fingerprint density at radius 1 is 1.43 bits per heavy atom. The molecule has 0 aliphatic carbocycles. The summed E-state index contributed by atoms with van der Waals surface area (Å²) in [4.78, 5) is 2.21. The van der Waals surface area contributed by atoms with Crippen LogP contribution in [0.2, 0.25) is 0 Å². The van der Waals surface area contributed by atoms with E-state index in [-0.39, 0.29) is 0 Å². The van der Waals surface area contributed by atoms with Crippen molar-refractivity contribution in [2.75, 3.05) is 37.8 Å². The van der Waals surface area contributed by atoms with Gasteiger partial charge < -0.3 is 16.0 Å². The molecule has 0 bridgehead atoms. The van der Waals surface area contributed by atoms with E-state index < -0.39 is 0 Å². The second kappa shape index (κ2) is 4.86. The second-order valence-corrected chi connectivity index (χ2v) is 3.57. The van der Waals surface area contributed by atoms with Crippen molar-refractivity contribution in [2.24, 2.45) is 0 Å². The summed E-state index contributed by atoms with van der Waals surface area (Å²) in [5.41, 5.74) is 9.04. The smallest absolute Gasteiger partial charge is 0.0414 e. The quantitative estimate of drug-likeness (QED) is 0.707. The average Bonchev–Trinajstić information content (AvgIpc) is 2.18. The molecule has 0 radical (unpaired) electrons. The molecule has 0 saturated heterocycles. The fourth-order valence-electron chi connectivity index (χ4n) is 1.44. The van der Waals surface area contributed by atoms with Crippen LogP contribution in [0.5, 0.6) is 0 Å². The number of rotatable bonds is 4. The Hall–Kier alpha value is -1.22. The van der Waals surface area contributed by atoms with Crippen molar-refractivity contribution >= 4 is 11.4 Å². The number of benzene rings is 1. The van der Waals surface area contributed by atoms with Gasteiger partial charge in [0.25, 0.3) is 0 Å². The topological polar surface area (TPSA) is 41.3 Å². The van der Waals surface area contributed by atoms with Gasteiger partial charge in [-0.1, -0.05) is 6.07 Å². The monoisotopic (exact) mass is 193 g/mol. The third kappa shape index (κ3) is 2.64. The molecular formula is C11H19N3. The summed E-state index contributed by atoms with van der Waals surface area (Å²) in [6, 6.07) is 6.01. The number of likely N-dealkylation sites (N-methyl/N-ethyl adjacent to an activating group) is 2. The van der Waals surface area contributed by atoms with E-state index in [1.165, 1.54) is 11.3 Å². The van der Waals surface area contributed by atoms with Crippen molar-refractivity contribution in [2.45, 2.75) is 6.92 Å². The van der Waals surface area contributed by atoms with Gasteiger partial charge in [-0.25, -0.2) is 0 Å². The van der Waals surface area contributed by atoms with Gasteiger partial charge in [-0.15, -0.1) is 0 Å². The van der Waals surface area contributed by atoms with Crippen molar-refractivity contribution in [3.05, 3.63) is 23.8 Å². The molecule has 0 amide bonds. The van der Waals surface area contributed by atoms with E-state index in [9.17, 15) is 0 Å². The summed E-state index contributed by atoms with van der Waals surface area (Å²) >= 11 is 0. The molecule has 14 heavy (non-hydrogen) atoms. The molecule has 78 valence electrons. The summed E-state index contributed by atoms with van der Waals surface area (Å²) in [6.07, 6.45) is 0. The molecule has 3 heteroatoms. The van der Waals surface area contributed by atoms with Gasteiger partial charge in [-0.2, -0.15) is 0 Å². The number of anilines is 2. The predicted octanol–water partition coefficient (Wildman–Crippen LogP) is 1.23. The van der Waals surface area contributed by atoms with Crippen molar-refractivity contribution in [1.82, 2.24) is 5.32 Å². The maximum Gasteiger partial charge on any atom is 0.0414 e. The van der Waals surface area contributed by atoms with Crippen LogP contribution < -0.4 is 16.0 Å². The zero-order valence-corrected chi connectivity index (χ0v) is 9.17. The lowest BCUT2D eigenvalue weighted by Crippen LogP contribution is -2.27. The largest absolute Gasteiger partial charge is 0.399 e. The summed E-state index contributed by atoms with van der Waals surface area (Å²) in [5.74, 6) is 0. The third-order valence-corrected chi connectivity index (χ3v) is 2.34. The lowest BCUT2D eigenvalue weighted by Gasteiger charge is -2.21. The van der Waals surface area contributed by atoms with Gasteiger partial charge in [0.1, 0.15) is 0 Å². The molecular weight excluding hydrogens is 174 g/mol. The minimum absolute atomic E-state index is 0.821. The van der Waals surface area contributed by atoms with Crippen LogP contribution in [0.15, 0.2) is 18.2 Å². The Morgan fingerprint density at radius 3 is 2.79 bits per heavy atom. The van der Waals surface area contributed by atoms with Crippen LogP contribution in [0.3, 0.4) is 0 Å². The van der Waals surface area contributed by atoms with Crippen LogP contribution in [0.25, 0.3) is 0 Å². The van der Waals surface area contributed by atoms with Crippen molar-refractivity contribution < 1.29 is 0 Å². The van der Waals surface area contributed by atoms with Crippen LogP contribution >= 0.6 is 0 Å². The maximum absolute atomic E-state index is 5.75. The van der Waals surface area contributed by atoms with Crippen LogP contribution in [0.4, 0.5) is 11.4 Å². The lowest BCUT2D eigenvalue weighted by molar-refractivity contribution is 0.766. The van der Waals surface area contributed by atoms with Gasteiger partial charge in [0.2, 0.25) is 0 Å². The molecule has 0 fully saturated rings. The van der Waals surface area contributed by atoms with Gasteiger partial charge in [0.05, 0.1) is 0 Å². The van der Waals surface area contributed by atoms with E-state index in [1.807, 2.05) is 19.2 Å². The van der Waals surface area contributed by atoms with Crippen molar-refractivity contribution in [3.8, 4) is 0 Å². The maximum atomic E-state index is 5.75. The Bertz CT molecular complexity index is 297. The Kier molecular flexibility index (Phi) is 3.77. The highest BCUT2D eigenvalue weighted by Gasteiger charge is 2.03. The Morgan fingerprint density at radius 2 is 2.14 bits per heavy atom. The molecule has 0 atom stereocenters. The molecule has 0 unspecified atom stereocenters. The summed E-state index contributed by atoms with van der Waals surface area (Å²) in [5, 5.41) is 3.13. The normalized spacial score (nSPS) is 10.2. The molecule has 0 aromatic heterocycles. The molecule has 0 heterocycles. The summed E-state index contributed by atoms with van der Waals surface area (Å²) < 4.78 is 0. The highest BCUT2D eigenvalue weighted by Crippen LogP contribution is 2.21. The summed E-state index contributed by atoms with van der Waals surface area (Å²) in [6.45, 7) is 4.07. The van der Waals surface area contributed by atoms with Crippen LogP contribution in [-0.4, -0.2) is 27.2 Å². The summed E-state index contributed by atoms with van der Waals surface area (Å²) in [7, 11) is 4.04. The molecule has 1 aromatic rings. The second-order valence-electron chi connectivity index (χ2n) is 3.57. The molecule has 0 spiro atoms.